The second-order valence-corrected chi connectivity index (χ2v) is 8.64. The predicted octanol–water partition coefficient (Wildman–Crippen LogP) is 3.33. The second-order valence-electron chi connectivity index (χ2n) is 8.64. The van der Waals surface area contributed by atoms with Crippen LogP contribution in [0.2, 0.25) is 0 Å². The Balaban J connectivity index is 1.57. The summed E-state index contributed by atoms with van der Waals surface area (Å²) in [5, 5.41) is 3.46. The highest BCUT2D eigenvalue weighted by atomic mass is 16.2. The van der Waals surface area contributed by atoms with Gasteiger partial charge in [0.15, 0.2) is 0 Å². The summed E-state index contributed by atoms with van der Waals surface area (Å²) >= 11 is 0. The minimum absolute atomic E-state index is 0.00583. The van der Waals surface area contributed by atoms with Crippen LogP contribution in [-0.2, 0) is 17.8 Å². The third-order valence-corrected chi connectivity index (χ3v) is 6.14. The zero-order valence-corrected chi connectivity index (χ0v) is 18.5. The minimum Gasteiger partial charge on any atom is -0.353 e. The number of carbonyl (C=O) groups is 1. The van der Waals surface area contributed by atoms with Crippen LogP contribution in [0, 0.1) is 6.92 Å². The van der Waals surface area contributed by atoms with Crippen LogP contribution in [0.4, 0.5) is 0 Å². The summed E-state index contributed by atoms with van der Waals surface area (Å²) in [6.45, 7) is 2.38. The average molecular weight is 440 g/mol. The van der Waals surface area contributed by atoms with Crippen molar-refractivity contribution in [1.29, 1.82) is 0 Å². The lowest BCUT2D eigenvalue weighted by molar-refractivity contribution is -0.120. The molecule has 1 aliphatic carbocycles. The van der Waals surface area contributed by atoms with Gasteiger partial charge in [-0.3, -0.25) is 14.2 Å². The van der Waals surface area contributed by atoms with Gasteiger partial charge in [-0.2, -0.15) is 0 Å². The van der Waals surface area contributed by atoms with E-state index in [1.165, 1.54) is 4.57 Å². The highest BCUT2D eigenvalue weighted by Gasteiger charge is 2.23. The Morgan fingerprint density at radius 3 is 2.36 bits per heavy atom. The summed E-state index contributed by atoms with van der Waals surface area (Å²) in [5.74, 6) is -0.00583. The zero-order chi connectivity index (χ0) is 22.9. The van der Waals surface area contributed by atoms with E-state index >= 15 is 0 Å². The molecule has 1 aromatic heterocycles. The Kier molecular flexibility index (Phi) is 5.42. The Bertz CT molecular complexity index is 1460. The number of hydrogen-bond donors (Lipinski definition) is 1. The van der Waals surface area contributed by atoms with Crippen molar-refractivity contribution in [2.24, 2.45) is 0 Å². The molecule has 1 fully saturated rings. The molecule has 1 N–H and O–H groups in total. The van der Waals surface area contributed by atoms with E-state index in [4.69, 9.17) is 0 Å². The summed E-state index contributed by atoms with van der Waals surface area (Å²) in [5.41, 5.74) is 3.30. The molecule has 0 atom stereocenters. The van der Waals surface area contributed by atoms with Crippen molar-refractivity contribution in [3.8, 4) is 5.69 Å². The fourth-order valence-electron chi connectivity index (χ4n) is 4.11. The molecule has 0 saturated heterocycles. The van der Waals surface area contributed by atoms with Crippen molar-refractivity contribution < 1.29 is 4.79 Å². The van der Waals surface area contributed by atoms with Crippen molar-refractivity contribution in [2.75, 3.05) is 0 Å². The molecular weight excluding hydrogens is 414 g/mol. The molecule has 4 aromatic rings. The number of rotatable bonds is 6. The standard InChI is InChI=1S/C27H25N3O3/c1-18-6-2-3-7-20(18)17-29-24-9-5-4-8-23(24)26(32)30(27(29)33)22-14-10-19(11-15-22)16-25(31)28-21-12-13-21/h2-11,14-15,21H,12-13,16-17H2,1H3,(H,28,31). The number of nitrogens with zero attached hydrogens (tertiary/aromatic N) is 2. The van der Waals surface area contributed by atoms with Gasteiger partial charge in [0, 0.05) is 6.04 Å². The molecule has 0 radical (unpaired) electrons. The first-order valence-corrected chi connectivity index (χ1v) is 11.2. The van der Waals surface area contributed by atoms with Gasteiger partial charge < -0.3 is 5.32 Å². The summed E-state index contributed by atoms with van der Waals surface area (Å²) < 4.78 is 2.87. The quantitative estimate of drug-likeness (QED) is 0.501. The largest absolute Gasteiger partial charge is 0.353 e. The highest BCUT2D eigenvalue weighted by molar-refractivity contribution is 5.79. The van der Waals surface area contributed by atoms with Crippen LogP contribution in [-0.4, -0.2) is 21.1 Å². The third kappa shape index (κ3) is 4.24. The van der Waals surface area contributed by atoms with Crippen LogP contribution in [0.5, 0.6) is 0 Å². The maximum atomic E-state index is 13.6. The molecule has 166 valence electrons. The van der Waals surface area contributed by atoms with Gasteiger partial charge in [-0.1, -0.05) is 48.5 Å². The molecule has 1 saturated carbocycles. The van der Waals surface area contributed by atoms with Crippen LogP contribution in [0.1, 0.15) is 29.5 Å². The maximum Gasteiger partial charge on any atom is 0.336 e. The van der Waals surface area contributed by atoms with Crippen LogP contribution < -0.4 is 16.6 Å². The molecule has 1 aliphatic rings. The van der Waals surface area contributed by atoms with E-state index in [1.807, 2.05) is 43.3 Å². The van der Waals surface area contributed by atoms with E-state index < -0.39 is 0 Å². The molecular formula is C27H25N3O3. The van der Waals surface area contributed by atoms with Crippen molar-refractivity contribution in [3.05, 3.63) is 110 Å². The number of para-hydroxylation sites is 1. The molecule has 0 unspecified atom stereocenters. The first kappa shape index (κ1) is 20.9. The Labute approximate surface area is 191 Å². The SMILES string of the molecule is Cc1ccccc1Cn1c(=O)n(-c2ccc(CC(=O)NC3CC3)cc2)c(=O)c2ccccc21. The van der Waals surface area contributed by atoms with E-state index in [-0.39, 0.29) is 23.6 Å². The van der Waals surface area contributed by atoms with E-state index in [9.17, 15) is 14.4 Å². The van der Waals surface area contributed by atoms with Gasteiger partial charge in [0.25, 0.3) is 5.56 Å². The van der Waals surface area contributed by atoms with Gasteiger partial charge in [-0.05, 0) is 60.7 Å². The van der Waals surface area contributed by atoms with Crippen molar-refractivity contribution >= 4 is 16.8 Å². The number of carbonyl (C=O) groups excluding carboxylic acids is 1. The molecule has 1 amide bonds. The second kappa shape index (κ2) is 8.54. The maximum absolute atomic E-state index is 13.6. The highest BCUT2D eigenvalue weighted by Crippen LogP contribution is 2.19. The Morgan fingerprint density at radius 1 is 0.939 bits per heavy atom. The zero-order valence-electron chi connectivity index (χ0n) is 18.5. The first-order valence-electron chi connectivity index (χ1n) is 11.2. The summed E-state index contributed by atoms with van der Waals surface area (Å²) in [6, 6.07) is 22.5. The number of benzene rings is 3. The number of nitrogens with one attached hydrogen (secondary N) is 1. The van der Waals surface area contributed by atoms with E-state index in [0.717, 1.165) is 29.5 Å². The molecule has 6 nitrogen and oxygen atoms in total. The Hall–Kier alpha value is -3.93. The number of fused-ring (bicyclic) bond motifs is 1. The molecule has 6 heteroatoms. The van der Waals surface area contributed by atoms with Crippen molar-refractivity contribution in [1.82, 2.24) is 14.5 Å². The topological polar surface area (TPSA) is 73.1 Å². The lowest BCUT2D eigenvalue weighted by atomic mass is 10.1. The normalized spacial score (nSPS) is 13.2. The van der Waals surface area contributed by atoms with E-state index in [2.05, 4.69) is 5.32 Å². The number of aromatic nitrogens is 2. The summed E-state index contributed by atoms with van der Waals surface area (Å²) in [4.78, 5) is 39.0. The van der Waals surface area contributed by atoms with Gasteiger partial charge in [-0.15, -0.1) is 0 Å². The monoisotopic (exact) mass is 439 g/mol. The smallest absolute Gasteiger partial charge is 0.336 e. The Morgan fingerprint density at radius 2 is 1.64 bits per heavy atom. The molecule has 5 rings (SSSR count). The predicted molar refractivity (Wildman–Crippen MR) is 129 cm³/mol. The fourth-order valence-corrected chi connectivity index (χ4v) is 4.11. The van der Waals surface area contributed by atoms with Gasteiger partial charge in [0.05, 0.1) is 29.6 Å². The van der Waals surface area contributed by atoms with Gasteiger partial charge in [0.1, 0.15) is 0 Å². The molecule has 0 bridgehead atoms. The van der Waals surface area contributed by atoms with Crippen molar-refractivity contribution in [2.45, 2.75) is 38.8 Å². The van der Waals surface area contributed by atoms with E-state index in [1.54, 1.807) is 41.0 Å². The number of hydrogen-bond acceptors (Lipinski definition) is 3. The van der Waals surface area contributed by atoms with Gasteiger partial charge >= 0.3 is 5.69 Å². The lowest BCUT2D eigenvalue weighted by Gasteiger charge is -2.15. The minimum atomic E-state index is -0.388. The van der Waals surface area contributed by atoms with Crippen LogP contribution >= 0.6 is 0 Å². The van der Waals surface area contributed by atoms with Crippen LogP contribution in [0.25, 0.3) is 16.6 Å². The fraction of sp³-hybridized carbons (Fsp3) is 0.222. The third-order valence-electron chi connectivity index (χ3n) is 6.14. The van der Waals surface area contributed by atoms with Crippen molar-refractivity contribution in [3.63, 3.8) is 0 Å². The number of amides is 1. The molecule has 1 heterocycles. The molecule has 0 aliphatic heterocycles. The van der Waals surface area contributed by atoms with Crippen LogP contribution in [0.15, 0.2) is 82.4 Å². The molecule has 0 spiro atoms. The first-order chi connectivity index (χ1) is 16.0. The van der Waals surface area contributed by atoms with Crippen LogP contribution in [0.3, 0.4) is 0 Å². The molecule has 3 aromatic carbocycles. The molecule has 33 heavy (non-hydrogen) atoms. The summed E-state index contributed by atoms with van der Waals surface area (Å²) in [7, 11) is 0. The van der Waals surface area contributed by atoms with E-state index in [0.29, 0.717) is 29.2 Å². The average Bonchev–Trinajstić information content (AvgIpc) is 3.63. The van der Waals surface area contributed by atoms with Gasteiger partial charge in [0.2, 0.25) is 5.91 Å². The summed E-state index contributed by atoms with van der Waals surface area (Å²) in [6.07, 6.45) is 2.37. The number of aryl methyl sites for hydroxylation is 1. The lowest BCUT2D eigenvalue weighted by Crippen LogP contribution is -2.39. The van der Waals surface area contributed by atoms with Gasteiger partial charge in [-0.25, -0.2) is 9.36 Å².